The van der Waals surface area contributed by atoms with Crippen molar-refractivity contribution in [3.8, 4) is 5.75 Å². The van der Waals surface area contributed by atoms with Gasteiger partial charge in [0, 0.05) is 30.6 Å². The summed E-state index contributed by atoms with van der Waals surface area (Å²) in [6, 6.07) is 7.41. The lowest BCUT2D eigenvalue weighted by Crippen LogP contribution is -2.44. The van der Waals surface area contributed by atoms with Gasteiger partial charge in [0.05, 0.1) is 18.7 Å². The predicted molar refractivity (Wildman–Crippen MR) is 115 cm³/mol. The number of ether oxygens (including phenoxy) is 1. The first-order valence-electron chi connectivity index (χ1n) is 10.0. The fourth-order valence-electron chi connectivity index (χ4n) is 4.42. The van der Waals surface area contributed by atoms with Gasteiger partial charge in [-0.15, -0.1) is 0 Å². The molecule has 3 heterocycles. The molecule has 2 aliphatic heterocycles. The van der Waals surface area contributed by atoms with E-state index in [0.717, 1.165) is 19.4 Å². The lowest BCUT2D eigenvalue weighted by Gasteiger charge is -2.35. The van der Waals surface area contributed by atoms with Crippen molar-refractivity contribution in [2.45, 2.75) is 31.7 Å². The summed E-state index contributed by atoms with van der Waals surface area (Å²) >= 11 is 7.75. The lowest BCUT2D eigenvalue weighted by molar-refractivity contribution is -0.137. The molecule has 0 saturated carbocycles. The van der Waals surface area contributed by atoms with Crippen molar-refractivity contribution in [2.75, 3.05) is 26.7 Å². The fraction of sp³-hybridized carbons (Fsp3) is 0.455. The van der Waals surface area contributed by atoms with E-state index in [0.29, 0.717) is 42.3 Å². The third-order valence-electron chi connectivity index (χ3n) is 5.99. The van der Waals surface area contributed by atoms with Gasteiger partial charge in [-0.1, -0.05) is 11.6 Å². The monoisotopic (exact) mass is 432 g/mol. The minimum atomic E-state index is -0.0902. The van der Waals surface area contributed by atoms with Gasteiger partial charge in [0.25, 0.3) is 5.91 Å². The Kier molecular flexibility index (Phi) is 6.11. The van der Waals surface area contributed by atoms with Crippen LogP contribution >= 0.6 is 22.9 Å². The summed E-state index contributed by atoms with van der Waals surface area (Å²) in [6.45, 7) is 1.97. The molecule has 2 aromatic rings. The molecule has 0 spiro atoms. The number of hydrogen-bond donors (Lipinski definition) is 0. The molecule has 2 amide bonds. The maximum absolute atomic E-state index is 13.2. The van der Waals surface area contributed by atoms with Crippen molar-refractivity contribution in [1.82, 2.24) is 9.80 Å². The van der Waals surface area contributed by atoms with E-state index in [1.807, 2.05) is 0 Å². The Morgan fingerprint density at radius 3 is 2.62 bits per heavy atom. The molecule has 0 radical (unpaired) electrons. The van der Waals surface area contributed by atoms with Crippen molar-refractivity contribution in [2.24, 2.45) is 5.92 Å². The number of nitrogens with zero attached hydrogens (tertiary/aromatic N) is 2. The number of piperidine rings is 1. The lowest BCUT2D eigenvalue weighted by atomic mass is 9.94. The number of rotatable bonds is 4. The van der Waals surface area contributed by atoms with E-state index in [9.17, 15) is 9.59 Å². The van der Waals surface area contributed by atoms with Crippen LogP contribution in [0.1, 0.15) is 47.6 Å². The first-order chi connectivity index (χ1) is 14.1. The zero-order valence-corrected chi connectivity index (χ0v) is 18.0. The Morgan fingerprint density at radius 1 is 1.14 bits per heavy atom. The van der Waals surface area contributed by atoms with Crippen molar-refractivity contribution in [1.29, 1.82) is 0 Å². The van der Waals surface area contributed by atoms with E-state index in [-0.39, 0.29) is 23.8 Å². The number of carbonyl (C=O) groups is 2. The smallest absolute Gasteiger partial charge is 0.257 e. The Balaban J connectivity index is 1.40. The van der Waals surface area contributed by atoms with Crippen molar-refractivity contribution in [3.05, 3.63) is 51.2 Å². The average Bonchev–Trinajstić information content (AvgIpc) is 3.44. The number of thiophene rings is 1. The second kappa shape index (κ2) is 8.76. The number of amides is 2. The van der Waals surface area contributed by atoms with E-state index < -0.39 is 0 Å². The predicted octanol–water partition coefficient (Wildman–Crippen LogP) is 4.63. The molecule has 2 fully saturated rings. The summed E-state index contributed by atoms with van der Waals surface area (Å²) in [5.41, 5.74) is 1.73. The normalized spacial score (nSPS) is 20.1. The number of benzene rings is 1. The molecule has 29 heavy (non-hydrogen) atoms. The number of hydrogen-bond acceptors (Lipinski definition) is 4. The molecule has 1 aromatic carbocycles. The molecule has 154 valence electrons. The van der Waals surface area contributed by atoms with Gasteiger partial charge in [0.1, 0.15) is 5.75 Å². The number of likely N-dealkylation sites (tertiary alicyclic amines) is 2. The van der Waals surface area contributed by atoms with E-state index in [1.165, 1.54) is 5.56 Å². The van der Waals surface area contributed by atoms with Crippen LogP contribution in [0.15, 0.2) is 35.0 Å². The van der Waals surface area contributed by atoms with Crippen LogP contribution in [0.5, 0.6) is 5.75 Å². The Morgan fingerprint density at radius 2 is 1.93 bits per heavy atom. The van der Waals surface area contributed by atoms with Gasteiger partial charge < -0.3 is 14.5 Å². The van der Waals surface area contributed by atoms with E-state index in [2.05, 4.69) is 21.7 Å². The molecule has 0 aliphatic carbocycles. The molecule has 0 bridgehead atoms. The fourth-order valence-corrected chi connectivity index (χ4v) is 5.30. The van der Waals surface area contributed by atoms with Gasteiger partial charge in [-0.2, -0.15) is 11.3 Å². The summed E-state index contributed by atoms with van der Waals surface area (Å²) in [7, 11) is 1.55. The quantitative estimate of drug-likeness (QED) is 0.707. The average molecular weight is 433 g/mol. The summed E-state index contributed by atoms with van der Waals surface area (Å²) in [4.78, 5) is 30.0. The summed E-state index contributed by atoms with van der Waals surface area (Å²) in [5, 5.41) is 4.73. The number of carbonyl (C=O) groups excluding carboxylic acids is 2. The van der Waals surface area contributed by atoms with Crippen molar-refractivity contribution < 1.29 is 14.3 Å². The highest BCUT2D eigenvalue weighted by Crippen LogP contribution is 2.36. The maximum atomic E-state index is 13.2. The van der Waals surface area contributed by atoms with E-state index in [1.54, 1.807) is 41.5 Å². The highest BCUT2D eigenvalue weighted by atomic mass is 35.5. The SMILES string of the molecule is COc1ccc(Cl)cc1C(=O)N1CCC(C(=O)N2CCCC2c2ccsc2)CC1. The van der Waals surface area contributed by atoms with Crippen LogP contribution in [0.25, 0.3) is 0 Å². The maximum Gasteiger partial charge on any atom is 0.257 e. The third-order valence-corrected chi connectivity index (χ3v) is 6.92. The van der Waals surface area contributed by atoms with Gasteiger partial charge in [0.2, 0.25) is 5.91 Å². The van der Waals surface area contributed by atoms with E-state index in [4.69, 9.17) is 16.3 Å². The molecular weight excluding hydrogens is 408 g/mol. The van der Waals surface area contributed by atoms with Crippen LogP contribution in [0, 0.1) is 5.92 Å². The summed E-state index contributed by atoms with van der Waals surface area (Å²) in [5.74, 6) is 0.659. The van der Waals surface area contributed by atoms with Crippen LogP contribution in [0.2, 0.25) is 5.02 Å². The number of halogens is 1. The van der Waals surface area contributed by atoms with Crippen LogP contribution in [0.3, 0.4) is 0 Å². The van der Waals surface area contributed by atoms with Gasteiger partial charge >= 0.3 is 0 Å². The largest absolute Gasteiger partial charge is 0.496 e. The molecule has 2 aliphatic rings. The van der Waals surface area contributed by atoms with Crippen LogP contribution < -0.4 is 4.74 Å². The topological polar surface area (TPSA) is 49.9 Å². The van der Waals surface area contributed by atoms with Gasteiger partial charge in [-0.3, -0.25) is 9.59 Å². The Hall–Kier alpha value is -2.05. The molecule has 1 aromatic heterocycles. The first kappa shape index (κ1) is 20.2. The van der Waals surface area contributed by atoms with Gasteiger partial charge in [-0.05, 0) is 66.3 Å². The molecule has 5 nitrogen and oxygen atoms in total. The molecule has 4 rings (SSSR count). The highest BCUT2D eigenvalue weighted by molar-refractivity contribution is 7.08. The second-order valence-corrected chi connectivity index (χ2v) is 8.87. The van der Waals surface area contributed by atoms with Crippen molar-refractivity contribution >= 4 is 34.8 Å². The third kappa shape index (κ3) is 4.14. The van der Waals surface area contributed by atoms with Crippen molar-refractivity contribution in [3.63, 3.8) is 0 Å². The van der Waals surface area contributed by atoms with Crippen LogP contribution in [-0.4, -0.2) is 48.4 Å². The molecule has 0 N–H and O–H groups in total. The molecule has 1 atom stereocenters. The second-order valence-electron chi connectivity index (χ2n) is 7.66. The van der Waals surface area contributed by atoms with Crippen LogP contribution in [0.4, 0.5) is 0 Å². The summed E-state index contributed by atoms with van der Waals surface area (Å²) < 4.78 is 5.32. The standard InChI is InChI=1S/C22H25ClN2O3S/c1-28-20-5-4-17(23)13-18(20)22(27)24-10-6-15(7-11-24)21(26)25-9-2-3-19(25)16-8-12-29-14-16/h4-5,8,12-15,19H,2-3,6-7,9-11H2,1H3. The van der Waals surface area contributed by atoms with E-state index >= 15 is 0 Å². The summed E-state index contributed by atoms with van der Waals surface area (Å²) in [6.07, 6.45) is 3.48. The Bertz CT molecular complexity index is 878. The molecule has 7 heteroatoms. The highest BCUT2D eigenvalue weighted by Gasteiger charge is 2.36. The van der Waals surface area contributed by atoms with Crippen LogP contribution in [-0.2, 0) is 4.79 Å². The van der Waals surface area contributed by atoms with Gasteiger partial charge in [0.15, 0.2) is 0 Å². The molecule has 1 unspecified atom stereocenters. The number of methoxy groups -OCH3 is 1. The Labute approximate surface area is 180 Å². The van der Waals surface area contributed by atoms with Gasteiger partial charge in [-0.25, -0.2) is 0 Å². The molecular formula is C22H25ClN2O3S. The zero-order chi connectivity index (χ0) is 20.4. The zero-order valence-electron chi connectivity index (χ0n) is 16.5. The molecule has 2 saturated heterocycles. The first-order valence-corrected chi connectivity index (χ1v) is 11.4. The minimum Gasteiger partial charge on any atom is -0.496 e. The minimum absolute atomic E-state index is 0.0143.